The highest BCUT2D eigenvalue weighted by molar-refractivity contribution is 6.31. The van der Waals surface area contributed by atoms with Crippen LogP contribution in [0.15, 0.2) is 49.1 Å². The lowest BCUT2D eigenvalue weighted by atomic mass is 9.89. The van der Waals surface area contributed by atoms with E-state index in [1.807, 2.05) is 23.1 Å². The highest BCUT2D eigenvalue weighted by atomic mass is 35.5. The minimum atomic E-state index is 0.0197. The second-order valence-electron chi connectivity index (χ2n) is 6.04. The van der Waals surface area contributed by atoms with Gasteiger partial charge in [0.1, 0.15) is 5.69 Å². The molecule has 3 aromatic rings. The van der Waals surface area contributed by atoms with Crippen molar-refractivity contribution >= 4 is 23.2 Å². The first-order valence-corrected chi connectivity index (χ1v) is 8.42. The molecular formula is C18H17ClN4O. The molecule has 122 valence electrons. The monoisotopic (exact) mass is 340 g/mol. The van der Waals surface area contributed by atoms with Crippen LogP contribution in [0.5, 0.6) is 0 Å². The zero-order valence-electron chi connectivity index (χ0n) is 13.1. The number of carbonyl (C=O) groups is 1. The van der Waals surface area contributed by atoms with Crippen LogP contribution in [0.25, 0.3) is 5.65 Å². The van der Waals surface area contributed by atoms with Crippen molar-refractivity contribution in [3.8, 4) is 0 Å². The first kappa shape index (κ1) is 15.1. The average Bonchev–Trinajstić information content (AvgIpc) is 3.06. The van der Waals surface area contributed by atoms with E-state index in [1.165, 1.54) is 5.56 Å². The second kappa shape index (κ2) is 6.24. The van der Waals surface area contributed by atoms with Gasteiger partial charge < -0.3 is 4.90 Å². The Morgan fingerprint density at radius 1 is 1.17 bits per heavy atom. The van der Waals surface area contributed by atoms with E-state index >= 15 is 0 Å². The van der Waals surface area contributed by atoms with Gasteiger partial charge in [0.15, 0.2) is 5.65 Å². The number of aromatic nitrogens is 3. The van der Waals surface area contributed by atoms with Crippen molar-refractivity contribution in [2.75, 3.05) is 13.1 Å². The van der Waals surface area contributed by atoms with Gasteiger partial charge in [-0.25, -0.2) is 4.98 Å². The van der Waals surface area contributed by atoms with Crippen molar-refractivity contribution in [3.63, 3.8) is 0 Å². The number of nitrogens with zero attached hydrogens (tertiary/aromatic N) is 4. The molecule has 1 amide bonds. The molecule has 1 saturated heterocycles. The molecule has 0 bridgehead atoms. The fourth-order valence-electron chi connectivity index (χ4n) is 3.36. The molecule has 0 spiro atoms. The molecule has 0 N–H and O–H groups in total. The van der Waals surface area contributed by atoms with Crippen LogP contribution in [0.3, 0.4) is 0 Å². The van der Waals surface area contributed by atoms with Crippen LogP contribution < -0.4 is 0 Å². The Bertz CT molecular complexity index is 883. The first-order chi connectivity index (χ1) is 11.7. The van der Waals surface area contributed by atoms with Crippen LogP contribution in [0.4, 0.5) is 0 Å². The van der Waals surface area contributed by atoms with E-state index in [9.17, 15) is 4.79 Å². The summed E-state index contributed by atoms with van der Waals surface area (Å²) >= 11 is 6.31. The number of imidazole rings is 1. The lowest BCUT2D eigenvalue weighted by Crippen LogP contribution is -2.38. The maximum Gasteiger partial charge on any atom is 0.272 e. The Morgan fingerprint density at radius 2 is 1.96 bits per heavy atom. The van der Waals surface area contributed by atoms with E-state index in [0.717, 1.165) is 31.0 Å². The molecule has 1 aromatic carbocycles. The van der Waals surface area contributed by atoms with Crippen molar-refractivity contribution in [2.24, 2.45) is 0 Å². The number of rotatable bonds is 2. The van der Waals surface area contributed by atoms with Gasteiger partial charge in [0.2, 0.25) is 0 Å². The molecule has 24 heavy (non-hydrogen) atoms. The van der Waals surface area contributed by atoms with Gasteiger partial charge in [0.05, 0.1) is 12.4 Å². The van der Waals surface area contributed by atoms with E-state index in [0.29, 0.717) is 17.3 Å². The average molecular weight is 341 g/mol. The summed E-state index contributed by atoms with van der Waals surface area (Å²) in [5, 5.41) is 0.816. The normalized spacial score (nSPS) is 15.8. The van der Waals surface area contributed by atoms with Crippen molar-refractivity contribution in [3.05, 3.63) is 65.3 Å². The van der Waals surface area contributed by atoms with Crippen LogP contribution >= 0.6 is 11.6 Å². The molecular weight excluding hydrogens is 324 g/mol. The van der Waals surface area contributed by atoms with E-state index < -0.39 is 0 Å². The van der Waals surface area contributed by atoms with Gasteiger partial charge in [-0.3, -0.25) is 14.2 Å². The quantitative estimate of drug-likeness (QED) is 0.718. The molecule has 1 aliphatic rings. The van der Waals surface area contributed by atoms with Gasteiger partial charge in [-0.2, -0.15) is 0 Å². The molecule has 0 aliphatic carbocycles. The zero-order valence-corrected chi connectivity index (χ0v) is 13.9. The lowest BCUT2D eigenvalue weighted by Gasteiger charge is -2.32. The van der Waals surface area contributed by atoms with Crippen LogP contribution in [0.1, 0.15) is 34.8 Å². The molecule has 0 radical (unpaired) electrons. The van der Waals surface area contributed by atoms with Crippen LogP contribution in [0.2, 0.25) is 5.02 Å². The minimum Gasteiger partial charge on any atom is -0.337 e. The molecule has 5 nitrogen and oxygen atoms in total. The van der Waals surface area contributed by atoms with Crippen molar-refractivity contribution in [1.82, 2.24) is 19.3 Å². The number of amides is 1. The standard InChI is InChI=1S/C18H17ClN4O/c19-15-4-2-1-3-14(15)13-5-8-22(9-6-13)18(24)16-11-21-17-12-20-7-10-23(16)17/h1-4,7,10-13H,5-6,8-9H2. The van der Waals surface area contributed by atoms with Crippen molar-refractivity contribution in [2.45, 2.75) is 18.8 Å². The number of hydrogen-bond acceptors (Lipinski definition) is 3. The molecule has 0 saturated carbocycles. The number of fused-ring (bicyclic) bond motifs is 1. The Balaban J connectivity index is 1.50. The summed E-state index contributed by atoms with van der Waals surface area (Å²) < 4.78 is 1.79. The van der Waals surface area contributed by atoms with E-state index in [1.54, 1.807) is 29.2 Å². The molecule has 0 unspecified atom stereocenters. The van der Waals surface area contributed by atoms with Gasteiger partial charge >= 0.3 is 0 Å². The van der Waals surface area contributed by atoms with Gasteiger partial charge in [0.25, 0.3) is 5.91 Å². The van der Waals surface area contributed by atoms with Gasteiger partial charge in [-0.05, 0) is 30.4 Å². The Morgan fingerprint density at radius 3 is 2.75 bits per heavy atom. The summed E-state index contributed by atoms with van der Waals surface area (Å²) in [4.78, 5) is 23.0. The third-order valence-electron chi connectivity index (χ3n) is 4.66. The summed E-state index contributed by atoms with van der Waals surface area (Å²) in [5.41, 5.74) is 2.46. The Kier molecular flexibility index (Phi) is 3.94. The van der Waals surface area contributed by atoms with Gasteiger partial charge in [0, 0.05) is 30.5 Å². The van der Waals surface area contributed by atoms with Gasteiger partial charge in [-0.15, -0.1) is 0 Å². The summed E-state index contributed by atoms with van der Waals surface area (Å²) in [6.45, 7) is 1.46. The molecule has 1 aliphatic heterocycles. The predicted octanol–water partition coefficient (Wildman–Crippen LogP) is 3.40. The summed E-state index contributed by atoms with van der Waals surface area (Å²) in [5.74, 6) is 0.431. The minimum absolute atomic E-state index is 0.0197. The third kappa shape index (κ3) is 2.65. The largest absolute Gasteiger partial charge is 0.337 e. The van der Waals surface area contributed by atoms with Crippen molar-refractivity contribution < 1.29 is 4.79 Å². The number of hydrogen-bond donors (Lipinski definition) is 0. The topological polar surface area (TPSA) is 50.5 Å². The van der Waals surface area contributed by atoms with E-state index in [-0.39, 0.29) is 5.91 Å². The molecule has 6 heteroatoms. The molecule has 1 fully saturated rings. The lowest BCUT2D eigenvalue weighted by molar-refractivity contribution is 0.0706. The maximum absolute atomic E-state index is 12.8. The smallest absolute Gasteiger partial charge is 0.272 e. The number of likely N-dealkylation sites (tertiary alicyclic amines) is 1. The SMILES string of the molecule is O=C(c1cnc2cnccn12)N1CCC(c2ccccc2Cl)CC1. The first-order valence-electron chi connectivity index (χ1n) is 8.05. The molecule has 4 rings (SSSR count). The third-order valence-corrected chi connectivity index (χ3v) is 5.01. The molecule has 0 atom stereocenters. The highest BCUT2D eigenvalue weighted by Crippen LogP contribution is 2.32. The summed E-state index contributed by atoms with van der Waals surface area (Å²) in [6, 6.07) is 7.98. The zero-order chi connectivity index (χ0) is 16.5. The summed E-state index contributed by atoms with van der Waals surface area (Å²) in [7, 11) is 0. The van der Waals surface area contributed by atoms with E-state index in [4.69, 9.17) is 11.6 Å². The highest BCUT2D eigenvalue weighted by Gasteiger charge is 2.27. The van der Waals surface area contributed by atoms with Crippen LogP contribution in [-0.4, -0.2) is 38.3 Å². The number of benzene rings is 1. The van der Waals surface area contributed by atoms with Crippen LogP contribution in [0, 0.1) is 0 Å². The number of halogens is 1. The number of carbonyl (C=O) groups excluding carboxylic acids is 1. The Labute approximate surface area is 144 Å². The van der Waals surface area contributed by atoms with E-state index in [2.05, 4.69) is 16.0 Å². The second-order valence-corrected chi connectivity index (χ2v) is 6.44. The molecule has 3 heterocycles. The van der Waals surface area contributed by atoms with Crippen LogP contribution in [-0.2, 0) is 0 Å². The Hall–Kier alpha value is -2.40. The maximum atomic E-state index is 12.8. The predicted molar refractivity (Wildman–Crippen MR) is 92.3 cm³/mol. The number of piperidine rings is 1. The summed E-state index contributed by atoms with van der Waals surface area (Å²) in [6.07, 6.45) is 8.56. The molecule has 2 aromatic heterocycles. The fraction of sp³-hybridized carbons (Fsp3) is 0.278. The fourth-order valence-corrected chi connectivity index (χ4v) is 3.65. The van der Waals surface area contributed by atoms with Crippen molar-refractivity contribution in [1.29, 1.82) is 0 Å². The van der Waals surface area contributed by atoms with Gasteiger partial charge in [-0.1, -0.05) is 29.8 Å².